The van der Waals surface area contributed by atoms with Crippen LogP contribution >= 0.6 is 22.9 Å². The molecule has 0 bridgehead atoms. The summed E-state index contributed by atoms with van der Waals surface area (Å²) in [5.41, 5.74) is 0.848. The Morgan fingerprint density at radius 3 is 2.57 bits per heavy atom. The second kappa shape index (κ2) is 3.94. The van der Waals surface area contributed by atoms with Crippen molar-refractivity contribution >= 4 is 28.8 Å². The molecule has 72 valence electrons. The van der Waals surface area contributed by atoms with Gasteiger partial charge in [0.05, 0.1) is 9.21 Å². The van der Waals surface area contributed by atoms with Gasteiger partial charge in [0, 0.05) is 7.05 Å². The Balaban J connectivity index is 2.33. The third-order valence-corrected chi connectivity index (χ3v) is 3.00. The van der Waals surface area contributed by atoms with Crippen molar-refractivity contribution in [2.24, 2.45) is 0 Å². The maximum Gasteiger partial charge on any atom is 0.148 e. The number of nitrogens with one attached hydrogen (secondary N) is 1. The third-order valence-electron chi connectivity index (χ3n) is 1.75. The monoisotopic (exact) mass is 225 g/mol. The highest BCUT2D eigenvalue weighted by Gasteiger charge is 2.03. The molecule has 3 nitrogen and oxygen atoms in total. The van der Waals surface area contributed by atoms with E-state index < -0.39 is 0 Å². The van der Waals surface area contributed by atoms with E-state index in [1.54, 1.807) is 0 Å². The summed E-state index contributed by atoms with van der Waals surface area (Å²) in [7, 11) is 1.81. The van der Waals surface area contributed by atoms with Gasteiger partial charge >= 0.3 is 0 Å². The van der Waals surface area contributed by atoms with Gasteiger partial charge in [0.25, 0.3) is 0 Å². The highest BCUT2D eigenvalue weighted by atomic mass is 35.5. The zero-order valence-corrected chi connectivity index (χ0v) is 9.06. The number of anilines is 1. The molecule has 1 N–H and O–H groups in total. The predicted octanol–water partition coefficient (Wildman–Crippen LogP) is 2.90. The molecule has 0 saturated heterocycles. The topological polar surface area (TPSA) is 37.8 Å². The van der Waals surface area contributed by atoms with Crippen LogP contribution in [0.5, 0.6) is 0 Å². The molecule has 2 aromatic heterocycles. The van der Waals surface area contributed by atoms with Crippen molar-refractivity contribution in [3.8, 4) is 10.6 Å². The highest BCUT2D eigenvalue weighted by Crippen LogP contribution is 2.29. The predicted molar refractivity (Wildman–Crippen MR) is 59.9 cm³/mol. The quantitative estimate of drug-likeness (QED) is 0.854. The van der Waals surface area contributed by atoms with E-state index in [2.05, 4.69) is 15.5 Å². The lowest BCUT2D eigenvalue weighted by molar-refractivity contribution is 1.04. The molecule has 0 aliphatic rings. The fourth-order valence-electron chi connectivity index (χ4n) is 1.05. The van der Waals surface area contributed by atoms with Gasteiger partial charge in [0.1, 0.15) is 11.5 Å². The van der Waals surface area contributed by atoms with Crippen LogP contribution in [0.1, 0.15) is 0 Å². The average molecular weight is 226 g/mol. The van der Waals surface area contributed by atoms with E-state index in [9.17, 15) is 0 Å². The Kier molecular flexibility index (Phi) is 2.65. The van der Waals surface area contributed by atoms with Gasteiger partial charge in [0.15, 0.2) is 0 Å². The van der Waals surface area contributed by atoms with Gasteiger partial charge in [-0.05, 0) is 24.3 Å². The van der Waals surface area contributed by atoms with E-state index in [4.69, 9.17) is 11.6 Å². The van der Waals surface area contributed by atoms with Crippen molar-refractivity contribution in [1.82, 2.24) is 10.2 Å². The summed E-state index contributed by atoms with van der Waals surface area (Å²) in [6.45, 7) is 0. The molecule has 0 amide bonds. The van der Waals surface area contributed by atoms with Crippen LogP contribution < -0.4 is 5.32 Å². The Hall–Kier alpha value is -1.13. The van der Waals surface area contributed by atoms with Crippen LogP contribution in [0, 0.1) is 0 Å². The van der Waals surface area contributed by atoms with Crippen molar-refractivity contribution in [2.75, 3.05) is 12.4 Å². The van der Waals surface area contributed by atoms with Crippen LogP contribution in [-0.4, -0.2) is 17.2 Å². The molecule has 5 heteroatoms. The van der Waals surface area contributed by atoms with Gasteiger partial charge in [-0.2, -0.15) is 0 Å². The first kappa shape index (κ1) is 9.43. The van der Waals surface area contributed by atoms with E-state index in [0.29, 0.717) is 0 Å². The largest absolute Gasteiger partial charge is 0.372 e. The van der Waals surface area contributed by atoms with Gasteiger partial charge in [-0.1, -0.05) is 11.6 Å². The third kappa shape index (κ3) is 1.86. The van der Waals surface area contributed by atoms with E-state index in [1.807, 2.05) is 31.3 Å². The molecule has 0 atom stereocenters. The maximum atomic E-state index is 5.83. The molecule has 0 radical (unpaired) electrons. The average Bonchev–Trinajstić information content (AvgIpc) is 2.65. The van der Waals surface area contributed by atoms with E-state index in [-0.39, 0.29) is 0 Å². The summed E-state index contributed by atoms with van der Waals surface area (Å²) >= 11 is 7.32. The van der Waals surface area contributed by atoms with Gasteiger partial charge in [-0.25, -0.2) is 0 Å². The molecule has 2 aromatic rings. The first-order chi connectivity index (χ1) is 6.79. The molecule has 0 unspecified atom stereocenters. The SMILES string of the molecule is CNc1ccc(-c2ccc(Cl)s2)nn1. The normalized spacial score (nSPS) is 10.1. The lowest BCUT2D eigenvalue weighted by atomic mass is 10.3. The number of hydrogen-bond donors (Lipinski definition) is 1. The maximum absolute atomic E-state index is 5.83. The number of nitrogens with zero attached hydrogens (tertiary/aromatic N) is 2. The smallest absolute Gasteiger partial charge is 0.148 e. The Labute approximate surface area is 90.8 Å². The number of halogens is 1. The molecule has 0 aliphatic carbocycles. The van der Waals surface area contributed by atoms with Crippen LogP contribution in [0.2, 0.25) is 4.34 Å². The first-order valence-corrected chi connectivity index (χ1v) is 5.26. The Bertz CT molecular complexity index is 424. The number of thiophene rings is 1. The molecular formula is C9H8ClN3S. The molecule has 14 heavy (non-hydrogen) atoms. The van der Waals surface area contributed by atoms with Gasteiger partial charge in [-0.3, -0.25) is 0 Å². The molecule has 0 aliphatic heterocycles. The first-order valence-electron chi connectivity index (χ1n) is 4.07. The molecule has 0 fully saturated rings. The van der Waals surface area contributed by atoms with Crippen molar-refractivity contribution in [1.29, 1.82) is 0 Å². The molecule has 2 rings (SSSR count). The van der Waals surface area contributed by atoms with Crippen LogP contribution in [-0.2, 0) is 0 Å². The van der Waals surface area contributed by atoms with Crippen LogP contribution in [0.15, 0.2) is 24.3 Å². The van der Waals surface area contributed by atoms with Crippen molar-refractivity contribution in [3.05, 3.63) is 28.6 Å². The van der Waals surface area contributed by atoms with Crippen molar-refractivity contribution in [3.63, 3.8) is 0 Å². The number of hydrogen-bond acceptors (Lipinski definition) is 4. The Morgan fingerprint density at radius 2 is 2.07 bits per heavy atom. The van der Waals surface area contributed by atoms with Crippen LogP contribution in [0.3, 0.4) is 0 Å². The number of rotatable bonds is 2. The minimum Gasteiger partial charge on any atom is -0.372 e. The molecule has 0 aromatic carbocycles. The second-order valence-corrected chi connectivity index (χ2v) is 4.37. The number of aromatic nitrogens is 2. The fraction of sp³-hybridized carbons (Fsp3) is 0.111. The summed E-state index contributed by atoms with van der Waals surface area (Å²) in [6, 6.07) is 7.60. The minimum atomic E-state index is 0.761. The fourth-order valence-corrected chi connectivity index (χ4v) is 2.06. The van der Waals surface area contributed by atoms with Crippen LogP contribution in [0.25, 0.3) is 10.6 Å². The van der Waals surface area contributed by atoms with E-state index >= 15 is 0 Å². The lowest BCUT2D eigenvalue weighted by Crippen LogP contribution is -1.94. The molecule has 2 heterocycles. The molecule has 0 saturated carbocycles. The lowest BCUT2D eigenvalue weighted by Gasteiger charge is -1.98. The van der Waals surface area contributed by atoms with Gasteiger partial charge in [0.2, 0.25) is 0 Å². The molecular weight excluding hydrogens is 218 g/mol. The van der Waals surface area contributed by atoms with E-state index in [1.165, 1.54) is 11.3 Å². The van der Waals surface area contributed by atoms with Crippen LogP contribution in [0.4, 0.5) is 5.82 Å². The zero-order valence-electron chi connectivity index (χ0n) is 7.49. The zero-order chi connectivity index (χ0) is 9.97. The second-order valence-electron chi connectivity index (χ2n) is 2.66. The van der Waals surface area contributed by atoms with E-state index in [0.717, 1.165) is 20.7 Å². The molecule has 0 spiro atoms. The minimum absolute atomic E-state index is 0.761. The van der Waals surface area contributed by atoms with Gasteiger partial charge in [-0.15, -0.1) is 21.5 Å². The highest BCUT2D eigenvalue weighted by molar-refractivity contribution is 7.19. The van der Waals surface area contributed by atoms with Crippen molar-refractivity contribution < 1.29 is 0 Å². The summed E-state index contributed by atoms with van der Waals surface area (Å²) < 4.78 is 0.763. The summed E-state index contributed by atoms with van der Waals surface area (Å²) in [5.74, 6) is 0.761. The standard InChI is InChI=1S/C9H8ClN3S/c1-11-9-5-2-6(12-13-9)7-3-4-8(10)14-7/h2-5H,1H3,(H,11,13). The summed E-state index contributed by atoms with van der Waals surface area (Å²) in [6.07, 6.45) is 0. The summed E-state index contributed by atoms with van der Waals surface area (Å²) in [4.78, 5) is 1.03. The Morgan fingerprint density at radius 1 is 1.21 bits per heavy atom. The van der Waals surface area contributed by atoms with Crippen molar-refractivity contribution in [2.45, 2.75) is 0 Å². The van der Waals surface area contributed by atoms with Gasteiger partial charge < -0.3 is 5.32 Å². The summed E-state index contributed by atoms with van der Waals surface area (Å²) in [5, 5.41) is 11.0.